The molecule has 1 unspecified atom stereocenters. The number of likely N-dealkylation sites (N-methyl/N-ethyl adjacent to an activating group) is 1. The monoisotopic (exact) mass is 268 g/mol. The number of hydrogen-bond donors (Lipinski definition) is 1. The lowest BCUT2D eigenvalue weighted by molar-refractivity contribution is -0.139. The van der Waals surface area contributed by atoms with Gasteiger partial charge in [0.05, 0.1) is 0 Å². The van der Waals surface area contributed by atoms with Crippen LogP contribution in [0.5, 0.6) is 0 Å². The van der Waals surface area contributed by atoms with Crippen molar-refractivity contribution in [3.05, 3.63) is 28.8 Å². The van der Waals surface area contributed by atoms with Crippen LogP contribution in [0.25, 0.3) is 0 Å². The van der Waals surface area contributed by atoms with E-state index >= 15 is 0 Å². The Balaban J connectivity index is 2.29. The Morgan fingerprint density at radius 3 is 2.78 bits per heavy atom. The van der Waals surface area contributed by atoms with Crippen LogP contribution >= 0.6 is 11.6 Å². The third-order valence-electron chi connectivity index (χ3n) is 3.36. The molecule has 1 atom stereocenters. The van der Waals surface area contributed by atoms with Crippen LogP contribution in [0.4, 0.5) is 5.69 Å². The number of aliphatic carboxylic acids is 1. The van der Waals surface area contributed by atoms with Gasteiger partial charge in [-0.3, -0.25) is 0 Å². The molecule has 0 bridgehead atoms. The van der Waals surface area contributed by atoms with Crippen molar-refractivity contribution in [1.82, 2.24) is 4.90 Å². The smallest absolute Gasteiger partial charge is 0.327 e. The lowest BCUT2D eigenvalue weighted by Crippen LogP contribution is -2.55. The largest absolute Gasteiger partial charge is 0.480 e. The summed E-state index contributed by atoms with van der Waals surface area (Å²) in [5.41, 5.74) is 1.88. The summed E-state index contributed by atoms with van der Waals surface area (Å²) in [6.07, 6.45) is 0. The zero-order valence-corrected chi connectivity index (χ0v) is 11.3. The van der Waals surface area contributed by atoms with Gasteiger partial charge in [0.15, 0.2) is 0 Å². The van der Waals surface area contributed by atoms with Crippen LogP contribution in [0.15, 0.2) is 18.2 Å². The minimum Gasteiger partial charge on any atom is -0.480 e. The predicted molar refractivity (Wildman–Crippen MR) is 72.5 cm³/mol. The fraction of sp³-hybridized carbons (Fsp3) is 0.462. The third kappa shape index (κ3) is 2.60. The molecule has 1 N–H and O–H groups in total. The Bertz CT molecular complexity index is 464. The number of carbonyl (C=O) groups is 1. The van der Waals surface area contributed by atoms with Gasteiger partial charge in [-0.05, 0) is 31.7 Å². The van der Waals surface area contributed by atoms with Crippen LogP contribution in [-0.4, -0.2) is 48.7 Å². The molecule has 98 valence electrons. The summed E-state index contributed by atoms with van der Waals surface area (Å²) >= 11 is 6.10. The second kappa shape index (κ2) is 5.16. The van der Waals surface area contributed by atoms with Gasteiger partial charge in [-0.2, -0.15) is 0 Å². The predicted octanol–water partition coefficient (Wildman–Crippen LogP) is 1.85. The molecule has 1 aromatic carbocycles. The highest BCUT2D eigenvalue weighted by atomic mass is 35.5. The number of piperazine rings is 1. The summed E-state index contributed by atoms with van der Waals surface area (Å²) < 4.78 is 0. The van der Waals surface area contributed by atoms with Gasteiger partial charge in [-0.15, -0.1) is 0 Å². The van der Waals surface area contributed by atoms with Gasteiger partial charge in [0.25, 0.3) is 0 Å². The van der Waals surface area contributed by atoms with Gasteiger partial charge in [-0.25, -0.2) is 4.79 Å². The lowest BCUT2D eigenvalue weighted by atomic mass is 10.1. The van der Waals surface area contributed by atoms with Gasteiger partial charge in [0, 0.05) is 30.3 Å². The normalized spacial score (nSPS) is 21.1. The van der Waals surface area contributed by atoms with Gasteiger partial charge < -0.3 is 14.9 Å². The molecule has 0 amide bonds. The SMILES string of the molecule is Cc1ccc(N2CCN(C)CC2C(=O)O)cc1Cl. The van der Waals surface area contributed by atoms with E-state index in [1.807, 2.05) is 42.0 Å². The molecule has 1 fully saturated rings. The van der Waals surface area contributed by atoms with E-state index in [-0.39, 0.29) is 0 Å². The van der Waals surface area contributed by atoms with Crippen molar-refractivity contribution in [2.45, 2.75) is 13.0 Å². The van der Waals surface area contributed by atoms with E-state index in [2.05, 4.69) is 0 Å². The highest BCUT2D eigenvalue weighted by Crippen LogP contribution is 2.26. The fourth-order valence-corrected chi connectivity index (χ4v) is 2.38. The molecule has 1 aliphatic heterocycles. The molecule has 2 rings (SSSR count). The minimum atomic E-state index is -0.793. The third-order valence-corrected chi connectivity index (χ3v) is 3.76. The maximum absolute atomic E-state index is 11.3. The molecule has 0 aliphatic carbocycles. The topological polar surface area (TPSA) is 43.8 Å². The Kier molecular flexibility index (Phi) is 3.78. The molecule has 1 saturated heterocycles. The number of carboxylic acid groups (broad SMARTS) is 1. The van der Waals surface area contributed by atoms with Crippen LogP contribution in [-0.2, 0) is 4.79 Å². The van der Waals surface area contributed by atoms with Crippen molar-refractivity contribution in [3.8, 4) is 0 Å². The van der Waals surface area contributed by atoms with E-state index in [0.717, 1.165) is 17.8 Å². The van der Waals surface area contributed by atoms with Crippen LogP contribution < -0.4 is 4.90 Å². The Morgan fingerprint density at radius 1 is 1.44 bits per heavy atom. The second-order valence-electron chi connectivity index (χ2n) is 4.74. The molecule has 1 heterocycles. The maximum atomic E-state index is 11.3. The average molecular weight is 269 g/mol. The summed E-state index contributed by atoms with van der Waals surface area (Å²) in [6, 6.07) is 5.19. The fourth-order valence-electron chi connectivity index (χ4n) is 2.20. The molecule has 1 aliphatic rings. The van der Waals surface area contributed by atoms with Crippen molar-refractivity contribution in [2.24, 2.45) is 0 Å². The van der Waals surface area contributed by atoms with Crippen molar-refractivity contribution in [1.29, 1.82) is 0 Å². The number of nitrogens with zero attached hydrogens (tertiary/aromatic N) is 2. The van der Waals surface area contributed by atoms with E-state index in [4.69, 9.17) is 11.6 Å². The number of aryl methyl sites for hydroxylation is 1. The second-order valence-corrected chi connectivity index (χ2v) is 5.15. The molecule has 0 saturated carbocycles. The highest BCUT2D eigenvalue weighted by Gasteiger charge is 2.31. The van der Waals surface area contributed by atoms with E-state index < -0.39 is 12.0 Å². The number of hydrogen-bond acceptors (Lipinski definition) is 3. The molecule has 0 aromatic heterocycles. The van der Waals surface area contributed by atoms with E-state index in [9.17, 15) is 9.90 Å². The van der Waals surface area contributed by atoms with Crippen molar-refractivity contribution in [3.63, 3.8) is 0 Å². The van der Waals surface area contributed by atoms with Gasteiger partial charge in [-0.1, -0.05) is 17.7 Å². The number of halogens is 1. The minimum absolute atomic E-state index is 0.512. The summed E-state index contributed by atoms with van der Waals surface area (Å²) in [6.45, 7) is 4.02. The Morgan fingerprint density at radius 2 is 2.17 bits per heavy atom. The molecule has 1 aromatic rings. The average Bonchev–Trinajstić information content (AvgIpc) is 2.32. The zero-order chi connectivity index (χ0) is 13.3. The van der Waals surface area contributed by atoms with Crippen LogP contribution in [0, 0.1) is 6.92 Å². The van der Waals surface area contributed by atoms with Crippen LogP contribution in [0.1, 0.15) is 5.56 Å². The molecule has 4 nitrogen and oxygen atoms in total. The first kappa shape index (κ1) is 13.2. The number of anilines is 1. The van der Waals surface area contributed by atoms with Crippen LogP contribution in [0.2, 0.25) is 5.02 Å². The van der Waals surface area contributed by atoms with Gasteiger partial charge in [0.1, 0.15) is 6.04 Å². The highest BCUT2D eigenvalue weighted by molar-refractivity contribution is 6.31. The Labute approximate surface area is 112 Å². The number of carboxylic acids is 1. The quantitative estimate of drug-likeness (QED) is 0.889. The Hall–Kier alpha value is -1.26. The molecular formula is C13H17ClN2O2. The lowest BCUT2D eigenvalue weighted by Gasteiger charge is -2.39. The van der Waals surface area contributed by atoms with Gasteiger partial charge in [0.2, 0.25) is 0 Å². The molecule has 18 heavy (non-hydrogen) atoms. The first-order valence-corrected chi connectivity index (χ1v) is 6.31. The maximum Gasteiger partial charge on any atom is 0.327 e. The molecule has 5 heteroatoms. The number of benzene rings is 1. The standard InChI is InChI=1S/C13H17ClN2O2/c1-9-3-4-10(7-11(9)14)16-6-5-15(2)8-12(16)13(17)18/h3-4,7,12H,5-6,8H2,1-2H3,(H,17,18). The van der Waals surface area contributed by atoms with Crippen molar-refractivity contribution >= 4 is 23.3 Å². The number of rotatable bonds is 2. The summed E-state index contributed by atoms with van der Waals surface area (Å²) in [5, 5.41) is 9.99. The molecular weight excluding hydrogens is 252 g/mol. The first-order chi connectivity index (χ1) is 8.49. The van der Waals surface area contributed by atoms with Gasteiger partial charge >= 0.3 is 5.97 Å². The zero-order valence-electron chi connectivity index (χ0n) is 10.6. The van der Waals surface area contributed by atoms with E-state index in [0.29, 0.717) is 18.1 Å². The van der Waals surface area contributed by atoms with E-state index in [1.165, 1.54) is 0 Å². The summed E-state index contributed by atoms with van der Waals surface area (Å²) in [4.78, 5) is 15.3. The van der Waals surface area contributed by atoms with E-state index in [1.54, 1.807) is 0 Å². The van der Waals surface area contributed by atoms with Crippen LogP contribution in [0.3, 0.4) is 0 Å². The van der Waals surface area contributed by atoms with Crippen molar-refractivity contribution in [2.75, 3.05) is 31.6 Å². The summed E-state index contributed by atoms with van der Waals surface area (Å²) in [7, 11) is 1.94. The molecule has 0 spiro atoms. The molecule has 0 radical (unpaired) electrons. The van der Waals surface area contributed by atoms with Crippen molar-refractivity contribution < 1.29 is 9.90 Å². The first-order valence-electron chi connectivity index (χ1n) is 5.93. The summed E-state index contributed by atoms with van der Waals surface area (Å²) in [5.74, 6) is -0.793.